The van der Waals surface area contributed by atoms with E-state index in [1.165, 1.54) is 14.0 Å². The number of nitrogens with two attached hydrogens (primary N) is 1. The standard InChI is InChI=1S/C13H14N2O4/c1-7(16)12-11(15-13(14)19-12)9-6-8(17-2)4-5-10(9)18-3/h4-6H,1-3H3,(H2,14,15). The van der Waals surface area contributed by atoms with Gasteiger partial charge < -0.3 is 19.6 Å². The van der Waals surface area contributed by atoms with Crippen molar-refractivity contribution in [3.8, 4) is 22.8 Å². The summed E-state index contributed by atoms with van der Waals surface area (Å²) in [6.07, 6.45) is 0. The summed E-state index contributed by atoms with van der Waals surface area (Å²) in [5, 5.41) is 0. The van der Waals surface area contributed by atoms with Gasteiger partial charge in [-0.3, -0.25) is 4.79 Å². The van der Waals surface area contributed by atoms with Gasteiger partial charge in [0.1, 0.15) is 17.2 Å². The zero-order chi connectivity index (χ0) is 14.0. The third kappa shape index (κ3) is 2.37. The molecular weight excluding hydrogens is 248 g/mol. The fourth-order valence-electron chi connectivity index (χ4n) is 1.76. The molecule has 2 N–H and O–H groups in total. The molecule has 0 spiro atoms. The summed E-state index contributed by atoms with van der Waals surface area (Å²) in [7, 11) is 3.08. The SMILES string of the molecule is COc1ccc(OC)c(-c2nc(N)oc2C(C)=O)c1. The van der Waals surface area contributed by atoms with Crippen LogP contribution in [0.4, 0.5) is 6.01 Å². The van der Waals surface area contributed by atoms with Crippen molar-refractivity contribution in [2.45, 2.75) is 6.92 Å². The zero-order valence-corrected chi connectivity index (χ0v) is 10.9. The maximum absolute atomic E-state index is 11.5. The molecule has 2 rings (SSSR count). The Bertz CT molecular complexity index is 619. The average Bonchev–Trinajstić information content (AvgIpc) is 2.80. The van der Waals surface area contributed by atoms with Crippen molar-refractivity contribution in [2.75, 3.05) is 20.0 Å². The van der Waals surface area contributed by atoms with Gasteiger partial charge in [-0.1, -0.05) is 0 Å². The minimum Gasteiger partial charge on any atom is -0.497 e. The number of hydrogen-bond acceptors (Lipinski definition) is 6. The maximum atomic E-state index is 11.5. The van der Waals surface area contributed by atoms with Crippen molar-refractivity contribution in [1.82, 2.24) is 4.98 Å². The molecule has 1 heterocycles. The highest BCUT2D eigenvalue weighted by Gasteiger charge is 2.21. The predicted molar refractivity (Wildman–Crippen MR) is 69.5 cm³/mol. The smallest absolute Gasteiger partial charge is 0.293 e. The molecule has 6 nitrogen and oxygen atoms in total. The predicted octanol–water partition coefficient (Wildman–Crippen LogP) is 2.14. The van der Waals surface area contributed by atoms with Gasteiger partial charge in [0.05, 0.1) is 19.8 Å². The lowest BCUT2D eigenvalue weighted by Crippen LogP contribution is -1.96. The number of benzene rings is 1. The van der Waals surface area contributed by atoms with Gasteiger partial charge in [0, 0.05) is 6.92 Å². The summed E-state index contributed by atoms with van der Waals surface area (Å²) in [5.41, 5.74) is 6.45. The van der Waals surface area contributed by atoms with Crippen molar-refractivity contribution >= 4 is 11.8 Å². The van der Waals surface area contributed by atoms with Crippen LogP contribution in [0.2, 0.25) is 0 Å². The average molecular weight is 262 g/mol. The van der Waals surface area contributed by atoms with Gasteiger partial charge >= 0.3 is 0 Å². The van der Waals surface area contributed by atoms with Gasteiger partial charge in [-0.2, -0.15) is 4.98 Å². The first-order valence-electron chi connectivity index (χ1n) is 5.56. The van der Waals surface area contributed by atoms with E-state index in [9.17, 15) is 4.79 Å². The second-order valence-corrected chi connectivity index (χ2v) is 3.85. The zero-order valence-electron chi connectivity index (χ0n) is 10.9. The third-order valence-corrected chi connectivity index (χ3v) is 2.63. The molecule has 0 amide bonds. The number of anilines is 1. The van der Waals surface area contributed by atoms with Crippen LogP contribution in [0.3, 0.4) is 0 Å². The summed E-state index contributed by atoms with van der Waals surface area (Å²) < 4.78 is 15.5. The highest BCUT2D eigenvalue weighted by atomic mass is 16.5. The van der Waals surface area contributed by atoms with E-state index in [1.54, 1.807) is 25.3 Å². The Kier molecular flexibility index (Phi) is 3.41. The van der Waals surface area contributed by atoms with Gasteiger partial charge in [0.25, 0.3) is 6.01 Å². The lowest BCUT2D eigenvalue weighted by Gasteiger charge is -2.08. The van der Waals surface area contributed by atoms with E-state index in [-0.39, 0.29) is 17.6 Å². The number of Topliss-reactive ketones (excluding diaryl/α,β-unsaturated/α-hetero) is 1. The van der Waals surface area contributed by atoms with E-state index in [0.717, 1.165) is 0 Å². The van der Waals surface area contributed by atoms with Crippen LogP contribution in [0, 0.1) is 0 Å². The fraction of sp³-hybridized carbons (Fsp3) is 0.231. The maximum Gasteiger partial charge on any atom is 0.293 e. The minimum absolute atomic E-state index is 0.0647. The lowest BCUT2D eigenvalue weighted by atomic mass is 10.1. The van der Waals surface area contributed by atoms with Gasteiger partial charge in [-0.25, -0.2) is 0 Å². The van der Waals surface area contributed by atoms with Crippen LogP contribution in [0.1, 0.15) is 17.5 Å². The van der Waals surface area contributed by atoms with E-state index in [1.807, 2.05) is 0 Å². The number of hydrogen-bond donors (Lipinski definition) is 1. The quantitative estimate of drug-likeness (QED) is 0.849. The molecule has 0 saturated carbocycles. The molecule has 0 bridgehead atoms. The number of nitrogens with zero attached hydrogens (tertiary/aromatic N) is 1. The molecule has 1 aromatic carbocycles. The van der Waals surface area contributed by atoms with Gasteiger partial charge in [0.15, 0.2) is 11.5 Å². The van der Waals surface area contributed by atoms with E-state index in [2.05, 4.69) is 4.98 Å². The molecule has 0 unspecified atom stereocenters. The number of nitrogen functional groups attached to an aromatic ring is 1. The number of carbonyl (C=O) groups excluding carboxylic acids is 1. The molecule has 0 atom stereocenters. The molecule has 0 saturated heterocycles. The van der Waals surface area contributed by atoms with Crippen LogP contribution in [-0.2, 0) is 0 Å². The first-order chi connectivity index (χ1) is 9.06. The van der Waals surface area contributed by atoms with Crippen LogP contribution < -0.4 is 15.2 Å². The van der Waals surface area contributed by atoms with E-state index < -0.39 is 0 Å². The second kappa shape index (κ2) is 5.01. The van der Waals surface area contributed by atoms with Crippen molar-refractivity contribution < 1.29 is 18.7 Å². The molecule has 0 fully saturated rings. The number of aromatic nitrogens is 1. The number of carbonyl (C=O) groups is 1. The third-order valence-electron chi connectivity index (χ3n) is 2.63. The number of rotatable bonds is 4. The molecule has 0 aliphatic rings. The summed E-state index contributed by atoms with van der Waals surface area (Å²) in [4.78, 5) is 15.6. The fourth-order valence-corrected chi connectivity index (χ4v) is 1.76. The van der Waals surface area contributed by atoms with Crippen LogP contribution >= 0.6 is 0 Å². The largest absolute Gasteiger partial charge is 0.497 e. The van der Waals surface area contributed by atoms with Crippen molar-refractivity contribution in [3.63, 3.8) is 0 Å². The Morgan fingerprint density at radius 1 is 1.32 bits per heavy atom. The first-order valence-corrected chi connectivity index (χ1v) is 5.56. The summed E-state index contributed by atoms with van der Waals surface area (Å²) in [6.45, 7) is 1.39. The summed E-state index contributed by atoms with van der Waals surface area (Å²) in [6, 6.07) is 5.12. The Labute approximate surface area is 110 Å². The first kappa shape index (κ1) is 12.9. The molecule has 2 aromatic rings. The normalized spacial score (nSPS) is 10.3. The van der Waals surface area contributed by atoms with Crippen molar-refractivity contribution in [1.29, 1.82) is 0 Å². The molecule has 0 aliphatic heterocycles. The summed E-state index contributed by atoms with van der Waals surface area (Å²) in [5.74, 6) is 1.01. The van der Waals surface area contributed by atoms with Crippen LogP contribution in [-0.4, -0.2) is 25.0 Å². The van der Waals surface area contributed by atoms with E-state index >= 15 is 0 Å². The van der Waals surface area contributed by atoms with Crippen LogP contribution in [0.15, 0.2) is 22.6 Å². The highest BCUT2D eigenvalue weighted by molar-refractivity contribution is 5.98. The van der Waals surface area contributed by atoms with Crippen molar-refractivity contribution in [3.05, 3.63) is 24.0 Å². The van der Waals surface area contributed by atoms with Gasteiger partial charge in [-0.05, 0) is 18.2 Å². The van der Waals surface area contributed by atoms with Crippen molar-refractivity contribution in [2.24, 2.45) is 0 Å². The van der Waals surface area contributed by atoms with E-state index in [0.29, 0.717) is 22.8 Å². The molecular formula is C13H14N2O4. The van der Waals surface area contributed by atoms with E-state index in [4.69, 9.17) is 19.6 Å². The molecule has 100 valence electrons. The number of methoxy groups -OCH3 is 2. The number of ketones is 1. The second-order valence-electron chi connectivity index (χ2n) is 3.85. The lowest BCUT2D eigenvalue weighted by molar-refractivity contribution is 0.0989. The Balaban J connectivity index is 2.66. The molecule has 0 radical (unpaired) electrons. The Morgan fingerprint density at radius 2 is 2.05 bits per heavy atom. The molecule has 0 aliphatic carbocycles. The highest BCUT2D eigenvalue weighted by Crippen LogP contribution is 2.35. The van der Waals surface area contributed by atoms with Gasteiger partial charge in [0.2, 0.25) is 0 Å². The summed E-state index contributed by atoms with van der Waals surface area (Å²) >= 11 is 0. The van der Waals surface area contributed by atoms with Crippen LogP contribution in [0.5, 0.6) is 11.5 Å². The van der Waals surface area contributed by atoms with Crippen LogP contribution in [0.25, 0.3) is 11.3 Å². The number of oxazole rings is 1. The molecule has 6 heteroatoms. The monoisotopic (exact) mass is 262 g/mol. The van der Waals surface area contributed by atoms with Gasteiger partial charge in [-0.15, -0.1) is 0 Å². The molecule has 1 aromatic heterocycles. The minimum atomic E-state index is -0.260. The Morgan fingerprint density at radius 3 is 2.63 bits per heavy atom. The number of ether oxygens (including phenoxy) is 2. The topological polar surface area (TPSA) is 87.6 Å². The Hall–Kier alpha value is -2.50. The molecule has 19 heavy (non-hydrogen) atoms.